The molecule has 0 saturated heterocycles. The van der Waals surface area contributed by atoms with Crippen molar-refractivity contribution in [3.63, 3.8) is 0 Å². The van der Waals surface area contributed by atoms with Crippen LogP contribution < -0.4 is 10.6 Å². The van der Waals surface area contributed by atoms with Gasteiger partial charge < -0.3 is 15.7 Å². The summed E-state index contributed by atoms with van der Waals surface area (Å²) < 4.78 is 13.5. The molecule has 0 saturated carbocycles. The fraction of sp³-hybridized carbons (Fsp3) is 0.350. The van der Waals surface area contributed by atoms with E-state index in [9.17, 15) is 9.50 Å². The molecule has 3 N–H and O–H groups in total. The first-order chi connectivity index (χ1) is 12.6. The Balaban J connectivity index is 0.00000364. The number of aromatic hydroxyl groups is 1. The second-order valence-corrected chi connectivity index (χ2v) is 6.75. The first-order valence-electron chi connectivity index (χ1n) is 8.68. The van der Waals surface area contributed by atoms with E-state index in [0.29, 0.717) is 13.1 Å². The zero-order chi connectivity index (χ0) is 18.8. The molecule has 0 aliphatic heterocycles. The molecule has 2 aromatic carbocycles. The summed E-state index contributed by atoms with van der Waals surface area (Å²) in [5.41, 5.74) is 3.08. The molecule has 0 amide bonds. The van der Waals surface area contributed by atoms with E-state index in [2.05, 4.69) is 15.6 Å². The molecule has 0 radical (unpaired) electrons. The molecule has 0 bridgehead atoms. The van der Waals surface area contributed by atoms with E-state index in [4.69, 9.17) is 0 Å². The summed E-state index contributed by atoms with van der Waals surface area (Å²) in [5.74, 6) is 1.56. The highest BCUT2D eigenvalue weighted by Crippen LogP contribution is 2.17. The first kappa shape index (κ1) is 23.6. The van der Waals surface area contributed by atoms with Crippen molar-refractivity contribution in [1.82, 2.24) is 10.6 Å². The standard InChI is InChI=1S/C20H26FN3OS.HI/c1-3-22-20(23-10-9-15-5-4-6-19(25)11-15)24-13-16-7-8-18(21)12-17(16)14-26-2;/h4-8,11-12,25H,3,9-10,13-14H2,1-2H3,(H2,22,23,24);1H. The third-order valence-corrected chi connectivity index (χ3v) is 4.44. The zero-order valence-electron chi connectivity index (χ0n) is 15.7. The number of halogens is 2. The van der Waals surface area contributed by atoms with Crippen LogP contribution in [0.4, 0.5) is 4.39 Å². The molecule has 0 fully saturated rings. The second kappa shape index (κ2) is 12.8. The zero-order valence-corrected chi connectivity index (χ0v) is 18.8. The topological polar surface area (TPSA) is 56.7 Å². The van der Waals surface area contributed by atoms with Gasteiger partial charge in [-0.1, -0.05) is 18.2 Å². The van der Waals surface area contributed by atoms with Crippen LogP contribution in [0.2, 0.25) is 0 Å². The predicted molar refractivity (Wildman–Crippen MR) is 124 cm³/mol. The average molecular weight is 503 g/mol. The summed E-state index contributed by atoms with van der Waals surface area (Å²) in [6, 6.07) is 12.1. The van der Waals surface area contributed by atoms with Crippen LogP contribution in [0.15, 0.2) is 47.5 Å². The maximum atomic E-state index is 13.5. The molecule has 27 heavy (non-hydrogen) atoms. The van der Waals surface area contributed by atoms with E-state index >= 15 is 0 Å². The number of hydrogen-bond donors (Lipinski definition) is 3. The molecular weight excluding hydrogens is 476 g/mol. The van der Waals surface area contributed by atoms with Crippen LogP contribution in [0, 0.1) is 5.82 Å². The van der Waals surface area contributed by atoms with Gasteiger partial charge in [0.25, 0.3) is 0 Å². The minimum absolute atomic E-state index is 0. The lowest BCUT2D eigenvalue weighted by Gasteiger charge is -2.12. The van der Waals surface area contributed by atoms with Crippen molar-refractivity contribution in [2.45, 2.75) is 25.6 Å². The Hall–Kier alpha value is -1.48. The third kappa shape index (κ3) is 8.38. The number of nitrogens with one attached hydrogen (secondary N) is 2. The summed E-state index contributed by atoms with van der Waals surface area (Å²) in [7, 11) is 0. The van der Waals surface area contributed by atoms with Crippen LogP contribution in [0.25, 0.3) is 0 Å². The maximum absolute atomic E-state index is 13.5. The van der Waals surface area contributed by atoms with Crippen molar-refractivity contribution in [3.8, 4) is 5.75 Å². The Morgan fingerprint density at radius 3 is 2.67 bits per heavy atom. The first-order valence-corrected chi connectivity index (χ1v) is 10.1. The Morgan fingerprint density at radius 2 is 1.96 bits per heavy atom. The molecule has 7 heteroatoms. The van der Waals surface area contributed by atoms with Crippen molar-refractivity contribution in [3.05, 3.63) is 65.0 Å². The fourth-order valence-corrected chi connectivity index (χ4v) is 3.16. The van der Waals surface area contributed by atoms with Gasteiger partial charge >= 0.3 is 0 Å². The Bertz CT molecular complexity index is 743. The lowest BCUT2D eigenvalue weighted by molar-refractivity contribution is 0.474. The van der Waals surface area contributed by atoms with Gasteiger partial charge in [-0.25, -0.2) is 9.38 Å². The number of phenolic OH excluding ortho intramolecular Hbond substituents is 1. The van der Waals surface area contributed by atoms with Crippen LogP contribution in [-0.4, -0.2) is 30.4 Å². The van der Waals surface area contributed by atoms with Crippen LogP contribution in [0.5, 0.6) is 5.75 Å². The van der Waals surface area contributed by atoms with E-state index in [1.54, 1.807) is 36.0 Å². The summed E-state index contributed by atoms with van der Waals surface area (Å²) >= 11 is 1.67. The molecule has 0 aliphatic rings. The van der Waals surface area contributed by atoms with Gasteiger partial charge in [0.1, 0.15) is 11.6 Å². The summed E-state index contributed by atoms with van der Waals surface area (Å²) in [5, 5.41) is 16.0. The average Bonchev–Trinajstić information content (AvgIpc) is 2.61. The van der Waals surface area contributed by atoms with Gasteiger partial charge in [0.15, 0.2) is 5.96 Å². The van der Waals surface area contributed by atoms with Gasteiger partial charge in [-0.3, -0.25) is 0 Å². The highest BCUT2D eigenvalue weighted by molar-refractivity contribution is 14.0. The molecule has 2 rings (SSSR count). The van der Waals surface area contributed by atoms with E-state index in [1.165, 1.54) is 6.07 Å². The van der Waals surface area contributed by atoms with Gasteiger partial charge in [-0.15, -0.1) is 24.0 Å². The van der Waals surface area contributed by atoms with E-state index in [-0.39, 0.29) is 35.5 Å². The fourth-order valence-electron chi connectivity index (χ4n) is 2.58. The largest absolute Gasteiger partial charge is 0.508 e. The van der Waals surface area contributed by atoms with Crippen molar-refractivity contribution >= 4 is 41.7 Å². The number of hydrogen-bond acceptors (Lipinski definition) is 3. The SMILES string of the molecule is CCNC(=NCc1ccc(F)cc1CSC)NCCc1cccc(O)c1.I. The van der Waals surface area contributed by atoms with Crippen LogP contribution in [-0.2, 0) is 18.7 Å². The summed E-state index contributed by atoms with van der Waals surface area (Å²) in [6.07, 6.45) is 2.79. The number of guanidine groups is 1. The number of thioether (sulfide) groups is 1. The highest BCUT2D eigenvalue weighted by Gasteiger charge is 2.05. The second-order valence-electron chi connectivity index (χ2n) is 5.89. The number of nitrogens with zero attached hydrogens (tertiary/aromatic N) is 1. The molecule has 0 spiro atoms. The van der Waals surface area contributed by atoms with Gasteiger partial charge in [0, 0.05) is 18.8 Å². The highest BCUT2D eigenvalue weighted by atomic mass is 127. The van der Waals surface area contributed by atoms with Gasteiger partial charge in [-0.05, 0) is 60.6 Å². The molecule has 0 atom stereocenters. The molecule has 0 aliphatic carbocycles. The predicted octanol–water partition coefficient (Wildman–Crippen LogP) is 4.31. The van der Waals surface area contributed by atoms with Gasteiger partial charge in [-0.2, -0.15) is 11.8 Å². The van der Waals surface area contributed by atoms with Crippen molar-refractivity contribution in [1.29, 1.82) is 0 Å². The molecule has 4 nitrogen and oxygen atoms in total. The monoisotopic (exact) mass is 503 g/mol. The van der Waals surface area contributed by atoms with Crippen LogP contribution >= 0.6 is 35.7 Å². The van der Waals surface area contributed by atoms with E-state index in [0.717, 1.165) is 41.4 Å². The molecule has 2 aromatic rings. The molecular formula is C20H27FIN3OS. The smallest absolute Gasteiger partial charge is 0.191 e. The Labute approximate surface area is 182 Å². The number of phenols is 1. The molecule has 0 aromatic heterocycles. The van der Waals surface area contributed by atoms with E-state index in [1.807, 2.05) is 25.3 Å². The van der Waals surface area contributed by atoms with Gasteiger partial charge in [0.05, 0.1) is 6.54 Å². The third-order valence-electron chi connectivity index (χ3n) is 3.84. The summed E-state index contributed by atoms with van der Waals surface area (Å²) in [6.45, 7) is 3.98. The number of aliphatic imine (C=N–C) groups is 1. The molecule has 0 unspecified atom stereocenters. The quantitative estimate of drug-likeness (QED) is 0.286. The van der Waals surface area contributed by atoms with Crippen molar-refractivity contribution in [2.24, 2.45) is 4.99 Å². The Kier molecular flexibility index (Phi) is 11.2. The van der Waals surface area contributed by atoms with Crippen molar-refractivity contribution < 1.29 is 9.50 Å². The van der Waals surface area contributed by atoms with Crippen LogP contribution in [0.3, 0.4) is 0 Å². The number of benzene rings is 2. The van der Waals surface area contributed by atoms with Gasteiger partial charge in [0.2, 0.25) is 0 Å². The lowest BCUT2D eigenvalue weighted by Crippen LogP contribution is -2.38. The lowest BCUT2D eigenvalue weighted by atomic mass is 10.1. The number of rotatable bonds is 8. The van der Waals surface area contributed by atoms with Crippen molar-refractivity contribution in [2.75, 3.05) is 19.3 Å². The van der Waals surface area contributed by atoms with Crippen LogP contribution in [0.1, 0.15) is 23.6 Å². The molecule has 0 heterocycles. The molecule has 148 valence electrons. The minimum atomic E-state index is -0.210. The van der Waals surface area contributed by atoms with E-state index < -0.39 is 0 Å². The summed E-state index contributed by atoms with van der Waals surface area (Å²) in [4.78, 5) is 4.62. The maximum Gasteiger partial charge on any atom is 0.191 e. The normalized spacial score (nSPS) is 11.0. The minimum Gasteiger partial charge on any atom is -0.508 e. The Morgan fingerprint density at radius 1 is 1.15 bits per heavy atom.